The zero-order chi connectivity index (χ0) is 9.68. The van der Waals surface area contributed by atoms with Gasteiger partial charge in [-0.05, 0) is 17.6 Å². The first-order valence-electron chi connectivity index (χ1n) is 4.00. The van der Waals surface area contributed by atoms with Gasteiger partial charge < -0.3 is 16.3 Å². The lowest BCUT2D eigenvalue weighted by Gasteiger charge is -2.08. The van der Waals surface area contributed by atoms with Crippen LogP contribution in [0.1, 0.15) is 18.6 Å². The van der Waals surface area contributed by atoms with Crippen LogP contribution in [0.5, 0.6) is 0 Å². The summed E-state index contributed by atoms with van der Waals surface area (Å²) < 4.78 is 0. The van der Waals surface area contributed by atoms with Crippen LogP contribution in [0.2, 0.25) is 0 Å². The highest BCUT2D eigenvalue weighted by Crippen LogP contribution is 2.15. The van der Waals surface area contributed by atoms with Crippen molar-refractivity contribution in [3.63, 3.8) is 0 Å². The van der Waals surface area contributed by atoms with Crippen molar-refractivity contribution < 1.29 is 4.84 Å². The maximum atomic E-state index is 5.12. The second-order valence-corrected chi connectivity index (χ2v) is 2.67. The fraction of sp³-hybridized carbons (Fsp3) is 0.222. The third-order valence-corrected chi connectivity index (χ3v) is 1.59. The number of benzene rings is 1. The fourth-order valence-electron chi connectivity index (χ4n) is 0.925. The molecule has 1 atom stereocenters. The van der Waals surface area contributed by atoms with Crippen molar-refractivity contribution in [1.29, 1.82) is 0 Å². The van der Waals surface area contributed by atoms with Crippen molar-refractivity contribution in [3.05, 3.63) is 35.9 Å². The average Bonchev–Trinajstić information content (AvgIpc) is 2.15. The molecular formula is C9H13N3O. The highest BCUT2D eigenvalue weighted by Gasteiger charge is 2.03. The first kappa shape index (κ1) is 9.38. The van der Waals surface area contributed by atoms with Gasteiger partial charge in [0.2, 0.25) is 5.96 Å². The minimum absolute atomic E-state index is 0.0669. The Labute approximate surface area is 77.2 Å². The summed E-state index contributed by atoms with van der Waals surface area (Å²) in [5, 5.41) is 3.47. The predicted molar refractivity (Wildman–Crippen MR) is 51.8 cm³/mol. The first-order chi connectivity index (χ1) is 6.20. The molecule has 0 bridgehead atoms. The van der Waals surface area contributed by atoms with Gasteiger partial charge in [0.15, 0.2) is 0 Å². The molecule has 13 heavy (non-hydrogen) atoms. The van der Waals surface area contributed by atoms with E-state index in [1.54, 1.807) is 0 Å². The van der Waals surface area contributed by atoms with E-state index in [9.17, 15) is 0 Å². The molecule has 0 saturated heterocycles. The topological polar surface area (TPSA) is 73.6 Å². The monoisotopic (exact) mass is 179 g/mol. The predicted octanol–water partition coefficient (Wildman–Crippen LogP) is 0.953. The summed E-state index contributed by atoms with van der Waals surface area (Å²) in [6.07, 6.45) is -0.136. The molecule has 4 heteroatoms. The van der Waals surface area contributed by atoms with Gasteiger partial charge in [-0.25, -0.2) is 0 Å². The van der Waals surface area contributed by atoms with E-state index in [4.69, 9.17) is 16.3 Å². The third-order valence-electron chi connectivity index (χ3n) is 1.59. The summed E-state index contributed by atoms with van der Waals surface area (Å²) >= 11 is 0. The Bertz CT molecular complexity index is 280. The second-order valence-electron chi connectivity index (χ2n) is 2.67. The van der Waals surface area contributed by atoms with Gasteiger partial charge in [0.05, 0.1) is 0 Å². The van der Waals surface area contributed by atoms with Crippen molar-refractivity contribution in [2.45, 2.75) is 13.0 Å². The van der Waals surface area contributed by atoms with Gasteiger partial charge in [0.1, 0.15) is 6.10 Å². The van der Waals surface area contributed by atoms with Crippen molar-refractivity contribution in [2.24, 2.45) is 16.6 Å². The highest BCUT2D eigenvalue weighted by molar-refractivity contribution is 5.74. The molecule has 0 fully saturated rings. The molecule has 0 aliphatic heterocycles. The van der Waals surface area contributed by atoms with E-state index in [2.05, 4.69) is 5.16 Å². The number of nitrogens with zero attached hydrogens (tertiary/aromatic N) is 1. The van der Waals surface area contributed by atoms with Gasteiger partial charge in [0, 0.05) is 0 Å². The molecule has 70 valence electrons. The van der Waals surface area contributed by atoms with Crippen LogP contribution in [-0.4, -0.2) is 5.96 Å². The third kappa shape index (κ3) is 3.02. The number of hydrogen-bond donors (Lipinski definition) is 2. The lowest BCUT2D eigenvalue weighted by molar-refractivity contribution is 0.0717. The molecule has 0 aliphatic carbocycles. The van der Waals surface area contributed by atoms with Crippen LogP contribution in [-0.2, 0) is 4.84 Å². The van der Waals surface area contributed by atoms with Crippen molar-refractivity contribution in [3.8, 4) is 0 Å². The van der Waals surface area contributed by atoms with Gasteiger partial charge in [-0.2, -0.15) is 0 Å². The van der Waals surface area contributed by atoms with Crippen LogP contribution in [0.25, 0.3) is 0 Å². The molecule has 1 rings (SSSR count). The number of hydrogen-bond acceptors (Lipinski definition) is 2. The van der Waals surface area contributed by atoms with Gasteiger partial charge in [-0.15, -0.1) is 0 Å². The lowest BCUT2D eigenvalue weighted by Crippen LogP contribution is -2.23. The van der Waals surface area contributed by atoms with Gasteiger partial charge in [0.25, 0.3) is 0 Å². The molecule has 0 heterocycles. The van der Waals surface area contributed by atoms with Crippen LogP contribution in [0, 0.1) is 0 Å². The van der Waals surface area contributed by atoms with Crippen molar-refractivity contribution in [2.75, 3.05) is 0 Å². The molecule has 4 nitrogen and oxygen atoms in total. The summed E-state index contributed by atoms with van der Waals surface area (Å²) in [6, 6.07) is 9.71. The van der Waals surface area contributed by atoms with Crippen LogP contribution in [0.15, 0.2) is 35.5 Å². The Morgan fingerprint density at radius 1 is 1.31 bits per heavy atom. The summed E-state index contributed by atoms with van der Waals surface area (Å²) in [7, 11) is 0. The lowest BCUT2D eigenvalue weighted by atomic mass is 10.1. The van der Waals surface area contributed by atoms with Crippen LogP contribution in [0.3, 0.4) is 0 Å². The molecule has 0 aliphatic rings. The molecule has 0 radical (unpaired) electrons. The fourth-order valence-corrected chi connectivity index (χ4v) is 0.925. The standard InChI is InChI=1S/C9H13N3O/c1-7(13-12-9(10)11)8-5-3-2-4-6-8/h2-7H,1H3,(H4,10,11,12). The van der Waals surface area contributed by atoms with E-state index < -0.39 is 0 Å². The summed E-state index contributed by atoms with van der Waals surface area (Å²) in [5.41, 5.74) is 11.3. The number of guanidine groups is 1. The maximum absolute atomic E-state index is 5.12. The van der Waals surface area contributed by atoms with Gasteiger partial charge in [-0.3, -0.25) is 0 Å². The Morgan fingerprint density at radius 2 is 1.92 bits per heavy atom. The van der Waals surface area contributed by atoms with Crippen LogP contribution in [0.4, 0.5) is 0 Å². The number of nitrogens with two attached hydrogens (primary N) is 2. The Kier molecular flexibility index (Phi) is 3.14. The quantitative estimate of drug-likeness (QED) is 0.412. The molecular weight excluding hydrogens is 166 g/mol. The molecule has 0 amide bonds. The first-order valence-corrected chi connectivity index (χ1v) is 4.00. The molecule has 0 spiro atoms. The van der Waals surface area contributed by atoms with Crippen molar-refractivity contribution in [1.82, 2.24) is 0 Å². The molecule has 1 aromatic carbocycles. The molecule has 1 aromatic rings. The van der Waals surface area contributed by atoms with E-state index in [0.29, 0.717) is 0 Å². The summed E-state index contributed by atoms with van der Waals surface area (Å²) in [4.78, 5) is 5.03. The highest BCUT2D eigenvalue weighted by atomic mass is 16.6. The van der Waals surface area contributed by atoms with E-state index >= 15 is 0 Å². The number of oxime groups is 1. The average molecular weight is 179 g/mol. The van der Waals surface area contributed by atoms with Gasteiger partial charge >= 0.3 is 0 Å². The maximum Gasteiger partial charge on any atom is 0.228 e. The minimum Gasteiger partial charge on any atom is -0.385 e. The van der Waals surface area contributed by atoms with Crippen molar-refractivity contribution >= 4 is 5.96 Å². The Balaban J connectivity index is 2.59. The minimum atomic E-state index is -0.136. The normalized spacial score (nSPS) is 11.8. The van der Waals surface area contributed by atoms with E-state index in [0.717, 1.165) is 5.56 Å². The largest absolute Gasteiger partial charge is 0.385 e. The SMILES string of the molecule is CC(ON=C(N)N)c1ccccc1. The second kappa shape index (κ2) is 4.35. The molecule has 1 unspecified atom stereocenters. The molecule has 4 N–H and O–H groups in total. The zero-order valence-corrected chi connectivity index (χ0v) is 7.47. The Morgan fingerprint density at radius 3 is 2.46 bits per heavy atom. The van der Waals surface area contributed by atoms with E-state index in [1.165, 1.54) is 0 Å². The van der Waals surface area contributed by atoms with E-state index in [-0.39, 0.29) is 12.1 Å². The Hall–Kier alpha value is -1.71. The molecule has 0 aromatic heterocycles. The smallest absolute Gasteiger partial charge is 0.228 e. The van der Waals surface area contributed by atoms with Crippen LogP contribution >= 0.6 is 0 Å². The van der Waals surface area contributed by atoms with E-state index in [1.807, 2.05) is 37.3 Å². The van der Waals surface area contributed by atoms with Gasteiger partial charge in [-0.1, -0.05) is 30.3 Å². The zero-order valence-electron chi connectivity index (χ0n) is 7.47. The van der Waals surface area contributed by atoms with Crippen LogP contribution < -0.4 is 11.5 Å². The summed E-state index contributed by atoms with van der Waals surface area (Å²) in [5.74, 6) is -0.0669. The summed E-state index contributed by atoms with van der Waals surface area (Å²) in [6.45, 7) is 1.88. The number of rotatable bonds is 3. The molecule has 0 saturated carbocycles.